The minimum absolute atomic E-state index is 0.00523. The normalized spacial score (nSPS) is 14.5. The fraction of sp³-hybridized carbons (Fsp3) is 0.579. The second-order valence-electron chi connectivity index (χ2n) is 6.75. The Balaban J connectivity index is 2.94. The molecule has 0 bridgehead atoms. The number of Topliss-reactive ketones (excluding diaryl/α,β-unsaturated/α-hetero) is 1. The lowest BCUT2D eigenvalue weighted by Gasteiger charge is -2.27. The molecule has 0 aliphatic carbocycles. The molecule has 6 nitrogen and oxygen atoms in total. The number of hydrogen-bond donors (Lipinski definition) is 2. The van der Waals surface area contributed by atoms with Crippen LogP contribution >= 0.6 is 0 Å². The van der Waals surface area contributed by atoms with Crippen molar-refractivity contribution >= 4 is 17.6 Å². The highest BCUT2D eigenvalue weighted by Gasteiger charge is 2.30. The number of amides is 2. The second-order valence-corrected chi connectivity index (χ2v) is 6.75. The number of aromatic nitrogens is 1. The Kier molecular flexibility index (Phi) is 8.25. The Labute approximate surface area is 149 Å². The van der Waals surface area contributed by atoms with Crippen LogP contribution in [0.4, 0.5) is 0 Å². The standard InChI is InChI=1S/C19H29N3O3/c1-6-13(4)17(18(24)12(2)3)22-19(25)16(21-14(5)23)10-15-8-7-9-20-11-15/h7-9,11-13,16-17H,6,10H2,1-5H3,(H,21,23)(H,22,25)/t13-,16-,17-/m0/s1. The van der Waals surface area contributed by atoms with Gasteiger partial charge in [-0.3, -0.25) is 19.4 Å². The van der Waals surface area contributed by atoms with Crippen LogP contribution < -0.4 is 10.6 Å². The first-order chi connectivity index (χ1) is 11.8. The largest absolute Gasteiger partial charge is 0.344 e. The van der Waals surface area contributed by atoms with Crippen molar-refractivity contribution in [1.82, 2.24) is 15.6 Å². The Morgan fingerprint density at radius 3 is 2.32 bits per heavy atom. The van der Waals surface area contributed by atoms with Crippen molar-refractivity contribution in [3.8, 4) is 0 Å². The van der Waals surface area contributed by atoms with E-state index in [0.29, 0.717) is 6.42 Å². The van der Waals surface area contributed by atoms with E-state index in [9.17, 15) is 14.4 Å². The van der Waals surface area contributed by atoms with Gasteiger partial charge >= 0.3 is 0 Å². The summed E-state index contributed by atoms with van der Waals surface area (Å²) in [5, 5.41) is 5.52. The van der Waals surface area contributed by atoms with Gasteiger partial charge in [0.2, 0.25) is 11.8 Å². The first-order valence-electron chi connectivity index (χ1n) is 8.76. The van der Waals surface area contributed by atoms with E-state index >= 15 is 0 Å². The maximum atomic E-state index is 12.7. The maximum Gasteiger partial charge on any atom is 0.243 e. The quantitative estimate of drug-likeness (QED) is 0.714. The number of rotatable bonds is 9. The fourth-order valence-corrected chi connectivity index (χ4v) is 2.55. The summed E-state index contributed by atoms with van der Waals surface area (Å²) in [4.78, 5) is 40.7. The molecule has 0 saturated heterocycles. The first kappa shape index (κ1) is 20.8. The van der Waals surface area contributed by atoms with Gasteiger partial charge in [-0.05, 0) is 17.5 Å². The molecule has 25 heavy (non-hydrogen) atoms. The smallest absolute Gasteiger partial charge is 0.243 e. The van der Waals surface area contributed by atoms with E-state index in [1.807, 2.05) is 33.8 Å². The van der Waals surface area contributed by atoms with Crippen molar-refractivity contribution in [2.45, 2.75) is 59.5 Å². The Bertz CT molecular complexity index is 587. The molecule has 6 heteroatoms. The fourth-order valence-electron chi connectivity index (χ4n) is 2.55. The van der Waals surface area contributed by atoms with Gasteiger partial charge in [-0.1, -0.05) is 40.2 Å². The molecule has 1 rings (SSSR count). The highest BCUT2D eigenvalue weighted by atomic mass is 16.2. The Morgan fingerprint density at radius 1 is 1.16 bits per heavy atom. The van der Waals surface area contributed by atoms with Crippen molar-refractivity contribution in [2.75, 3.05) is 0 Å². The number of pyridine rings is 1. The van der Waals surface area contributed by atoms with Gasteiger partial charge in [0.25, 0.3) is 0 Å². The van der Waals surface area contributed by atoms with Gasteiger partial charge in [0.15, 0.2) is 5.78 Å². The lowest BCUT2D eigenvalue weighted by molar-refractivity contribution is -0.133. The van der Waals surface area contributed by atoms with E-state index in [-0.39, 0.29) is 29.4 Å². The van der Waals surface area contributed by atoms with Crippen LogP contribution in [-0.2, 0) is 20.8 Å². The summed E-state index contributed by atoms with van der Waals surface area (Å²) in [6, 6.07) is 2.33. The molecule has 0 fully saturated rings. The second kappa shape index (κ2) is 9.91. The number of nitrogens with zero attached hydrogens (tertiary/aromatic N) is 1. The van der Waals surface area contributed by atoms with Gasteiger partial charge in [-0.2, -0.15) is 0 Å². The summed E-state index contributed by atoms with van der Waals surface area (Å²) < 4.78 is 0. The van der Waals surface area contributed by atoms with Gasteiger partial charge in [-0.15, -0.1) is 0 Å². The van der Waals surface area contributed by atoms with Crippen molar-refractivity contribution < 1.29 is 14.4 Å². The molecule has 0 spiro atoms. The number of nitrogens with one attached hydrogen (secondary N) is 2. The van der Waals surface area contributed by atoms with Crippen LogP contribution in [0, 0.1) is 11.8 Å². The molecule has 138 valence electrons. The van der Waals surface area contributed by atoms with Gasteiger partial charge < -0.3 is 10.6 Å². The first-order valence-corrected chi connectivity index (χ1v) is 8.76. The zero-order valence-corrected chi connectivity index (χ0v) is 15.7. The number of carbonyl (C=O) groups excluding carboxylic acids is 3. The Morgan fingerprint density at radius 2 is 1.84 bits per heavy atom. The van der Waals surface area contributed by atoms with E-state index < -0.39 is 12.1 Å². The summed E-state index contributed by atoms with van der Waals surface area (Å²) in [5.41, 5.74) is 0.840. The summed E-state index contributed by atoms with van der Waals surface area (Å²) in [6.07, 6.45) is 4.41. The highest BCUT2D eigenvalue weighted by Crippen LogP contribution is 2.14. The number of carbonyl (C=O) groups is 3. The van der Waals surface area contributed by atoms with E-state index in [1.54, 1.807) is 18.5 Å². The molecular weight excluding hydrogens is 318 g/mol. The molecule has 0 radical (unpaired) electrons. The Hall–Kier alpha value is -2.24. The van der Waals surface area contributed by atoms with Crippen LogP contribution in [0.1, 0.15) is 46.6 Å². The number of hydrogen-bond acceptors (Lipinski definition) is 4. The molecule has 2 N–H and O–H groups in total. The summed E-state index contributed by atoms with van der Waals surface area (Å²) >= 11 is 0. The third-order valence-electron chi connectivity index (χ3n) is 4.24. The van der Waals surface area contributed by atoms with Crippen LogP contribution in [0.2, 0.25) is 0 Å². The molecule has 1 aromatic rings. The zero-order chi connectivity index (χ0) is 19.0. The van der Waals surface area contributed by atoms with Crippen molar-refractivity contribution in [3.05, 3.63) is 30.1 Å². The number of ketones is 1. The van der Waals surface area contributed by atoms with Crippen LogP contribution in [0.5, 0.6) is 0 Å². The summed E-state index contributed by atoms with van der Waals surface area (Å²) in [6.45, 7) is 8.95. The molecule has 0 aromatic carbocycles. The highest BCUT2D eigenvalue weighted by molar-refractivity contribution is 5.93. The minimum Gasteiger partial charge on any atom is -0.344 e. The third-order valence-corrected chi connectivity index (χ3v) is 4.24. The minimum atomic E-state index is -0.742. The molecule has 1 aromatic heterocycles. The van der Waals surface area contributed by atoms with Crippen LogP contribution in [-0.4, -0.2) is 34.7 Å². The lowest BCUT2D eigenvalue weighted by Crippen LogP contribution is -2.54. The van der Waals surface area contributed by atoms with E-state index in [4.69, 9.17) is 0 Å². The third kappa shape index (κ3) is 6.64. The summed E-state index contributed by atoms with van der Waals surface area (Å²) in [7, 11) is 0. The van der Waals surface area contributed by atoms with Crippen molar-refractivity contribution in [2.24, 2.45) is 11.8 Å². The molecule has 3 atom stereocenters. The monoisotopic (exact) mass is 347 g/mol. The molecule has 2 amide bonds. The van der Waals surface area contributed by atoms with Crippen molar-refractivity contribution in [1.29, 1.82) is 0 Å². The average Bonchev–Trinajstić information content (AvgIpc) is 2.58. The van der Waals surface area contributed by atoms with Crippen LogP contribution in [0.15, 0.2) is 24.5 Å². The predicted octanol–water partition coefficient (Wildman–Crippen LogP) is 1.88. The van der Waals surface area contributed by atoms with Crippen LogP contribution in [0.25, 0.3) is 0 Å². The molecule has 0 saturated carbocycles. The van der Waals surface area contributed by atoms with Crippen LogP contribution in [0.3, 0.4) is 0 Å². The average molecular weight is 347 g/mol. The zero-order valence-electron chi connectivity index (χ0n) is 15.7. The van der Waals surface area contributed by atoms with Gasteiger partial charge in [-0.25, -0.2) is 0 Å². The molecular formula is C19H29N3O3. The molecule has 1 heterocycles. The SMILES string of the molecule is CC[C@H](C)[C@H](NC(=O)[C@H](Cc1cccnc1)NC(C)=O)C(=O)C(C)C. The van der Waals surface area contributed by atoms with E-state index in [0.717, 1.165) is 12.0 Å². The molecule has 0 aliphatic heterocycles. The maximum absolute atomic E-state index is 12.7. The van der Waals surface area contributed by atoms with E-state index in [1.165, 1.54) is 6.92 Å². The van der Waals surface area contributed by atoms with E-state index in [2.05, 4.69) is 15.6 Å². The van der Waals surface area contributed by atoms with Crippen molar-refractivity contribution in [3.63, 3.8) is 0 Å². The molecule has 0 aliphatic rings. The topological polar surface area (TPSA) is 88.2 Å². The van der Waals surface area contributed by atoms with Gasteiger partial charge in [0.1, 0.15) is 6.04 Å². The van der Waals surface area contributed by atoms with Gasteiger partial charge in [0, 0.05) is 31.7 Å². The molecule has 0 unspecified atom stereocenters. The van der Waals surface area contributed by atoms with Gasteiger partial charge in [0.05, 0.1) is 6.04 Å². The summed E-state index contributed by atoms with van der Waals surface area (Å²) in [5.74, 6) is -0.782. The predicted molar refractivity (Wildman–Crippen MR) is 96.8 cm³/mol. The lowest BCUT2D eigenvalue weighted by atomic mass is 9.89.